The maximum atomic E-state index is 12.1. The Morgan fingerprint density at radius 3 is 2.79 bits per heavy atom. The van der Waals surface area contributed by atoms with Crippen molar-refractivity contribution in [3.8, 4) is 0 Å². The molecule has 126 valence electrons. The van der Waals surface area contributed by atoms with Crippen LogP contribution >= 0.6 is 0 Å². The highest BCUT2D eigenvalue weighted by Gasteiger charge is 2.29. The van der Waals surface area contributed by atoms with E-state index in [9.17, 15) is 9.59 Å². The SMILES string of the molecule is C[C@H]1Cc2ccccc2[C@@H]1NC(=O)CNC(=O)NCc1ccco1. The third kappa shape index (κ3) is 3.76. The molecule has 1 aromatic carbocycles. The largest absolute Gasteiger partial charge is 0.467 e. The van der Waals surface area contributed by atoms with E-state index in [4.69, 9.17) is 4.42 Å². The quantitative estimate of drug-likeness (QED) is 0.786. The molecule has 24 heavy (non-hydrogen) atoms. The third-order valence-corrected chi connectivity index (χ3v) is 4.23. The predicted octanol–water partition coefficient (Wildman–Crippen LogP) is 2.13. The highest BCUT2D eigenvalue weighted by molar-refractivity contribution is 5.84. The van der Waals surface area contributed by atoms with Crippen LogP contribution in [0.2, 0.25) is 0 Å². The van der Waals surface area contributed by atoms with Gasteiger partial charge in [-0.05, 0) is 35.6 Å². The average Bonchev–Trinajstić information content (AvgIpc) is 3.20. The maximum absolute atomic E-state index is 12.1. The Labute approximate surface area is 140 Å². The van der Waals surface area contributed by atoms with Gasteiger partial charge in [-0.3, -0.25) is 4.79 Å². The molecule has 1 aromatic heterocycles. The number of rotatable bonds is 5. The fourth-order valence-corrected chi connectivity index (χ4v) is 3.04. The van der Waals surface area contributed by atoms with E-state index in [0.717, 1.165) is 6.42 Å². The van der Waals surface area contributed by atoms with Crippen molar-refractivity contribution >= 4 is 11.9 Å². The normalized spacial score (nSPS) is 18.7. The second-order valence-corrected chi connectivity index (χ2v) is 6.04. The van der Waals surface area contributed by atoms with Crippen LogP contribution in [0.25, 0.3) is 0 Å². The van der Waals surface area contributed by atoms with Crippen molar-refractivity contribution in [2.75, 3.05) is 6.54 Å². The van der Waals surface area contributed by atoms with Gasteiger partial charge in [-0.15, -0.1) is 0 Å². The van der Waals surface area contributed by atoms with Crippen molar-refractivity contribution in [3.05, 3.63) is 59.5 Å². The first-order valence-corrected chi connectivity index (χ1v) is 8.04. The number of hydrogen-bond acceptors (Lipinski definition) is 3. The number of fused-ring (bicyclic) bond motifs is 1. The number of nitrogens with one attached hydrogen (secondary N) is 3. The summed E-state index contributed by atoms with van der Waals surface area (Å²) in [6.07, 6.45) is 2.50. The second kappa shape index (κ2) is 7.21. The molecule has 0 saturated carbocycles. The highest BCUT2D eigenvalue weighted by atomic mass is 16.3. The Balaban J connectivity index is 1.45. The van der Waals surface area contributed by atoms with Crippen LogP contribution in [0.1, 0.15) is 29.9 Å². The van der Waals surface area contributed by atoms with Gasteiger partial charge in [0.05, 0.1) is 25.4 Å². The molecule has 6 heteroatoms. The number of benzene rings is 1. The fourth-order valence-electron chi connectivity index (χ4n) is 3.04. The molecular weight excluding hydrogens is 306 g/mol. The summed E-state index contributed by atoms with van der Waals surface area (Å²) in [6.45, 7) is 2.34. The molecule has 3 amide bonds. The van der Waals surface area contributed by atoms with Crippen LogP contribution in [0.4, 0.5) is 4.79 Å². The summed E-state index contributed by atoms with van der Waals surface area (Å²) in [5, 5.41) is 8.20. The minimum absolute atomic E-state index is 0.00156. The van der Waals surface area contributed by atoms with E-state index < -0.39 is 6.03 Å². The number of furan rings is 1. The van der Waals surface area contributed by atoms with E-state index in [1.165, 1.54) is 11.1 Å². The van der Waals surface area contributed by atoms with Crippen LogP contribution in [0.3, 0.4) is 0 Å². The van der Waals surface area contributed by atoms with Gasteiger partial charge in [0.2, 0.25) is 5.91 Å². The number of urea groups is 1. The molecule has 0 spiro atoms. The Morgan fingerprint density at radius 1 is 1.17 bits per heavy atom. The fraction of sp³-hybridized carbons (Fsp3) is 0.333. The summed E-state index contributed by atoms with van der Waals surface area (Å²) in [5.74, 6) is 0.807. The molecule has 0 bridgehead atoms. The van der Waals surface area contributed by atoms with E-state index in [0.29, 0.717) is 11.7 Å². The van der Waals surface area contributed by atoms with Gasteiger partial charge >= 0.3 is 6.03 Å². The molecule has 2 aromatic rings. The summed E-state index contributed by atoms with van der Waals surface area (Å²) < 4.78 is 5.12. The molecule has 3 N–H and O–H groups in total. The number of carbonyl (C=O) groups excluding carboxylic acids is 2. The van der Waals surface area contributed by atoms with Gasteiger partial charge in [0.1, 0.15) is 5.76 Å². The lowest BCUT2D eigenvalue weighted by Gasteiger charge is -2.19. The van der Waals surface area contributed by atoms with Crippen molar-refractivity contribution in [2.24, 2.45) is 5.92 Å². The number of amides is 3. The summed E-state index contributed by atoms with van der Waals surface area (Å²) in [7, 11) is 0. The standard InChI is InChI=1S/C18H21N3O3/c1-12-9-13-5-2-3-7-15(13)17(12)21-16(22)11-20-18(23)19-10-14-6-4-8-24-14/h2-8,12,17H,9-11H2,1H3,(H,21,22)(H2,19,20,23)/t12-,17+/m0/s1. The zero-order chi connectivity index (χ0) is 16.9. The van der Waals surface area contributed by atoms with Gasteiger partial charge in [0.15, 0.2) is 0 Å². The van der Waals surface area contributed by atoms with Crippen LogP contribution in [-0.2, 0) is 17.8 Å². The van der Waals surface area contributed by atoms with Gasteiger partial charge in [-0.25, -0.2) is 4.79 Å². The molecular formula is C18H21N3O3. The first kappa shape index (κ1) is 16.1. The Bertz CT molecular complexity index is 712. The van der Waals surface area contributed by atoms with E-state index in [1.54, 1.807) is 18.4 Å². The van der Waals surface area contributed by atoms with Crippen LogP contribution in [-0.4, -0.2) is 18.5 Å². The van der Waals surface area contributed by atoms with Crippen molar-refractivity contribution in [1.29, 1.82) is 0 Å². The zero-order valence-electron chi connectivity index (χ0n) is 13.5. The average molecular weight is 327 g/mol. The first-order valence-electron chi connectivity index (χ1n) is 8.04. The molecule has 1 aliphatic carbocycles. The smallest absolute Gasteiger partial charge is 0.315 e. The van der Waals surface area contributed by atoms with Gasteiger partial charge in [0, 0.05) is 0 Å². The van der Waals surface area contributed by atoms with E-state index >= 15 is 0 Å². The van der Waals surface area contributed by atoms with Crippen LogP contribution < -0.4 is 16.0 Å². The summed E-state index contributed by atoms with van der Waals surface area (Å²) in [4.78, 5) is 23.8. The van der Waals surface area contributed by atoms with Crippen LogP contribution in [0, 0.1) is 5.92 Å². The molecule has 3 rings (SSSR count). The minimum Gasteiger partial charge on any atom is -0.467 e. The molecule has 2 atom stereocenters. The Hall–Kier alpha value is -2.76. The molecule has 0 saturated heterocycles. The number of carbonyl (C=O) groups is 2. The molecule has 0 radical (unpaired) electrons. The molecule has 0 aliphatic heterocycles. The van der Waals surface area contributed by atoms with Crippen LogP contribution in [0.15, 0.2) is 47.1 Å². The van der Waals surface area contributed by atoms with Gasteiger partial charge in [-0.1, -0.05) is 31.2 Å². The summed E-state index contributed by atoms with van der Waals surface area (Å²) in [5.41, 5.74) is 2.44. The van der Waals surface area contributed by atoms with Crippen molar-refractivity contribution in [2.45, 2.75) is 25.9 Å². The molecule has 0 fully saturated rings. The molecule has 6 nitrogen and oxygen atoms in total. The minimum atomic E-state index is -0.401. The highest BCUT2D eigenvalue weighted by Crippen LogP contribution is 2.35. The molecule has 1 heterocycles. The van der Waals surface area contributed by atoms with E-state index in [2.05, 4.69) is 28.9 Å². The Kier molecular flexibility index (Phi) is 4.84. The van der Waals surface area contributed by atoms with Gasteiger partial charge < -0.3 is 20.4 Å². The van der Waals surface area contributed by atoms with E-state index in [1.807, 2.05) is 18.2 Å². The molecule has 0 unspecified atom stereocenters. The van der Waals surface area contributed by atoms with Crippen LogP contribution in [0.5, 0.6) is 0 Å². The zero-order valence-corrected chi connectivity index (χ0v) is 13.5. The lowest BCUT2D eigenvalue weighted by Crippen LogP contribution is -2.43. The van der Waals surface area contributed by atoms with Crippen molar-refractivity contribution in [1.82, 2.24) is 16.0 Å². The third-order valence-electron chi connectivity index (χ3n) is 4.23. The molecule has 1 aliphatic rings. The van der Waals surface area contributed by atoms with Gasteiger partial charge in [0.25, 0.3) is 0 Å². The number of hydrogen-bond donors (Lipinski definition) is 3. The predicted molar refractivity (Wildman–Crippen MR) is 89.1 cm³/mol. The van der Waals surface area contributed by atoms with E-state index in [-0.39, 0.29) is 25.0 Å². The van der Waals surface area contributed by atoms with Crippen molar-refractivity contribution in [3.63, 3.8) is 0 Å². The lowest BCUT2D eigenvalue weighted by atomic mass is 10.0. The first-order chi connectivity index (χ1) is 11.6. The monoisotopic (exact) mass is 327 g/mol. The maximum Gasteiger partial charge on any atom is 0.315 e. The Morgan fingerprint density at radius 2 is 2.00 bits per heavy atom. The topological polar surface area (TPSA) is 83.4 Å². The lowest BCUT2D eigenvalue weighted by molar-refractivity contribution is -0.121. The second-order valence-electron chi connectivity index (χ2n) is 6.04. The summed E-state index contributed by atoms with van der Waals surface area (Å²) >= 11 is 0. The summed E-state index contributed by atoms with van der Waals surface area (Å²) in [6, 6.07) is 11.3. The van der Waals surface area contributed by atoms with Crippen molar-refractivity contribution < 1.29 is 14.0 Å². The van der Waals surface area contributed by atoms with Gasteiger partial charge in [-0.2, -0.15) is 0 Å².